The van der Waals surface area contributed by atoms with Crippen molar-refractivity contribution in [3.8, 4) is 0 Å². The fourth-order valence-corrected chi connectivity index (χ4v) is 3.10. The normalized spacial score (nSPS) is 16.9. The number of nitrogens with one attached hydrogen (secondary N) is 1. The van der Waals surface area contributed by atoms with Gasteiger partial charge >= 0.3 is 0 Å². The van der Waals surface area contributed by atoms with Crippen LogP contribution in [0.1, 0.15) is 29.3 Å². The minimum atomic E-state index is -0.107. The highest BCUT2D eigenvalue weighted by atomic mass is 16.1. The fraction of sp³-hybridized carbons (Fsp3) is 0.421. The zero-order valence-corrected chi connectivity index (χ0v) is 14.7. The van der Waals surface area contributed by atoms with Gasteiger partial charge in [-0.3, -0.25) is 9.59 Å². The summed E-state index contributed by atoms with van der Waals surface area (Å²) in [5.41, 5.74) is 2.67. The Morgan fingerprint density at radius 3 is 2.76 bits per heavy atom. The number of nitrogens with zero attached hydrogens (tertiary/aromatic N) is 3. The van der Waals surface area contributed by atoms with Crippen LogP contribution in [0.25, 0.3) is 0 Å². The summed E-state index contributed by atoms with van der Waals surface area (Å²) >= 11 is 0. The molecule has 0 spiro atoms. The van der Waals surface area contributed by atoms with Crippen molar-refractivity contribution in [2.45, 2.75) is 19.8 Å². The zero-order chi connectivity index (χ0) is 17.8. The molecular weight excluding hydrogens is 316 g/mol. The van der Waals surface area contributed by atoms with Gasteiger partial charge in [0.1, 0.15) is 0 Å². The Morgan fingerprint density at radius 1 is 1.32 bits per heavy atom. The van der Waals surface area contributed by atoms with Gasteiger partial charge < -0.3 is 10.2 Å². The number of carbonyl (C=O) groups excluding carboxylic acids is 1. The molecule has 1 fully saturated rings. The topological polar surface area (TPSA) is 67.2 Å². The fourth-order valence-electron chi connectivity index (χ4n) is 3.10. The van der Waals surface area contributed by atoms with Crippen molar-refractivity contribution in [1.29, 1.82) is 0 Å². The maximum Gasteiger partial charge on any atom is 0.268 e. The Balaban J connectivity index is 1.53. The summed E-state index contributed by atoms with van der Waals surface area (Å²) in [6.07, 6.45) is 3.68. The average Bonchev–Trinajstić information content (AvgIpc) is 3.11. The van der Waals surface area contributed by atoms with Crippen LogP contribution in [0, 0.1) is 5.92 Å². The van der Waals surface area contributed by atoms with Gasteiger partial charge in [0, 0.05) is 38.3 Å². The lowest BCUT2D eigenvalue weighted by atomic mass is 10.1. The standard InChI is InChI=1S/C19H24N4O2/c1-3-14-4-6-16(7-5-14)19(25)20-11-15-8-9-23(13-15)17-10-18(24)22(2)21-12-17/h4-7,10,12,15H,3,8-9,11,13H2,1-2H3,(H,20,25). The third-order valence-corrected chi connectivity index (χ3v) is 4.78. The lowest BCUT2D eigenvalue weighted by molar-refractivity contribution is 0.0948. The van der Waals surface area contributed by atoms with Crippen molar-refractivity contribution in [2.24, 2.45) is 13.0 Å². The minimum absolute atomic E-state index is 0.0312. The van der Waals surface area contributed by atoms with Crippen LogP contribution in [-0.4, -0.2) is 35.3 Å². The SMILES string of the molecule is CCc1ccc(C(=O)NCC2CCN(c3cnn(C)c(=O)c3)C2)cc1. The number of aryl methyl sites for hydroxylation is 2. The van der Waals surface area contributed by atoms with Crippen LogP contribution in [0.2, 0.25) is 0 Å². The maximum absolute atomic E-state index is 12.3. The molecule has 25 heavy (non-hydrogen) atoms. The minimum Gasteiger partial charge on any atom is -0.370 e. The molecule has 1 N–H and O–H groups in total. The Kier molecular flexibility index (Phi) is 5.16. The van der Waals surface area contributed by atoms with Crippen molar-refractivity contribution in [1.82, 2.24) is 15.1 Å². The first-order valence-electron chi connectivity index (χ1n) is 8.72. The van der Waals surface area contributed by atoms with E-state index < -0.39 is 0 Å². The predicted octanol–water partition coefficient (Wildman–Crippen LogP) is 1.60. The van der Waals surface area contributed by atoms with Gasteiger partial charge in [0.25, 0.3) is 11.5 Å². The second kappa shape index (κ2) is 7.51. The van der Waals surface area contributed by atoms with Gasteiger partial charge in [-0.1, -0.05) is 19.1 Å². The first-order valence-corrected chi connectivity index (χ1v) is 8.72. The molecule has 0 radical (unpaired) electrons. The Labute approximate surface area is 147 Å². The van der Waals surface area contributed by atoms with Gasteiger partial charge in [-0.05, 0) is 36.5 Å². The molecule has 1 aromatic carbocycles. The monoisotopic (exact) mass is 340 g/mol. The molecular formula is C19H24N4O2. The molecule has 1 aromatic heterocycles. The van der Waals surface area contributed by atoms with E-state index in [1.807, 2.05) is 24.3 Å². The Morgan fingerprint density at radius 2 is 2.08 bits per heavy atom. The lowest BCUT2D eigenvalue weighted by Crippen LogP contribution is -2.31. The van der Waals surface area contributed by atoms with Crippen LogP contribution in [0.5, 0.6) is 0 Å². The molecule has 0 bridgehead atoms. The zero-order valence-electron chi connectivity index (χ0n) is 14.7. The second-order valence-electron chi connectivity index (χ2n) is 6.54. The molecule has 0 saturated carbocycles. The molecule has 2 aromatic rings. The van der Waals surface area contributed by atoms with Gasteiger partial charge in [0.05, 0.1) is 11.9 Å². The molecule has 132 valence electrons. The number of carbonyl (C=O) groups is 1. The number of anilines is 1. The molecule has 1 atom stereocenters. The number of aromatic nitrogens is 2. The number of benzene rings is 1. The molecule has 1 amide bonds. The van der Waals surface area contributed by atoms with Crippen molar-refractivity contribution in [2.75, 3.05) is 24.5 Å². The third-order valence-electron chi connectivity index (χ3n) is 4.78. The van der Waals surface area contributed by atoms with E-state index in [1.165, 1.54) is 10.2 Å². The van der Waals surface area contributed by atoms with E-state index in [4.69, 9.17) is 0 Å². The molecule has 6 heteroatoms. The van der Waals surface area contributed by atoms with Crippen LogP contribution in [0.3, 0.4) is 0 Å². The van der Waals surface area contributed by atoms with Crippen molar-refractivity contribution >= 4 is 11.6 Å². The van der Waals surface area contributed by atoms with Crippen LogP contribution in [0.15, 0.2) is 41.3 Å². The number of amides is 1. The predicted molar refractivity (Wildman–Crippen MR) is 98.0 cm³/mol. The van der Waals surface area contributed by atoms with E-state index in [2.05, 4.69) is 22.2 Å². The van der Waals surface area contributed by atoms with Gasteiger partial charge in [-0.15, -0.1) is 0 Å². The summed E-state index contributed by atoms with van der Waals surface area (Å²) in [4.78, 5) is 26.1. The van der Waals surface area contributed by atoms with Crippen molar-refractivity contribution < 1.29 is 4.79 Å². The van der Waals surface area contributed by atoms with Crippen molar-refractivity contribution in [3.63, 3.8) is 0 Å². The van der Waals surface area contributed by atoms with E-state index in [9.17, 15) is 9.59 Å². The first-order chi connectivity index (χ1) is 12.1. The smallest absolute Gasteiger partial charge is 0.268 e. The lowest BCUT2D eigenvalue weighted by Gasteiger charge is -2.18. The molecule has 0 aliphatic carbocycles. The molecule has 2 heterocycles. The summed E-state index contributed by atoms with van der Waals surface area (Å²) in [7, 11) is 1.64. The van der Waals surface area contributed by atoms with Crippen molar-refractivity contribution in [3.05, 3.63) is 58.0 Å². The maximum atomic E-state index is 12.3. The summed E-state index contributed by atoms with van der Waals surface area (Å²) in [5, 5.41) is 7.09. The summed E-state index contributed by atoms with van der Waals surface area (Å²) in [6, 6.07) is 9.36. The van der Waals surface area contributed by atoms with Gasteiger partial charge in [0.15, 0.2) is 0 Å². The van der Waals surface area contributed by atoms with Crippen LogP contribution < -0.4 is 15.8 Å². The highest BCUT2D eigenvalue weighted by molar-refractivity contribution is 5.94. The van der Waals surface area contributed by atoms with Crippen LogP contribution in [0.4, 0.5) is 5.69 Å². The molecule has 1 unspecified atom stereocenters. The van der Waals surface area contributed by atoms with E-state index in [0.29, 0.717) is 18.0 Å². The second-order valence-corrected chi connectivity index (χ2v) is 6.54. The van der Waals surface area contributed by atoms with Gasteiger partial charge in [0.2, 0.25) is 0 Å². The molecule has 1 aliphatic heterocycles. The molecule has 6 nitrogen and oxygen atoms in total. The Hall–Kier alpha value is -2.63. The first kappa shape index (κ1) is 17.2. The largest absolute Gasteiger partial charge is 0.370 e. The molecule has 3 rings (SSSR count). The number of hydrogen-bond acceptors (Lipinski definition) is 4. The number of rotatable bonds is 5. The van der Waals surface area contributed by atoms with E-state index in [-0.39, 0.29) is 11.5 Å². The quantitative estimate of drug-likeness (QED) is 0.898. The highest BCUT2D eigenvalue weighted by Gasteiger charge is 2.23. The number of hydrogen-bond donors (Lipinski definition) is 1. The summed E-state index contributed by atoms with van der Waals surface area (Å²) < 4.78 is 1.32. The Bertz CT molecular complexity index is 798. The summed E-state index contributed by atoms with van der Waals surface area (Å²) in [5.74, 6) is 0.347. The van der Waals surface area contributed by atoms with E-state index >= 15 is 0 Å². The molecule has 1 aliphatic rings. The van der Waals surface area contributed by atoms with E-state index in [1.54, 1.807) is 19.3 Å². The summed E-state index contributed by atoms with van der Waals surface area (Å²) in [6.45, 7) is 4.44. The third kappa shape index (κ3) is 4.07. The van der Waals surface area contributed by atoms with E-state index in [0.717, 1.165) is 31.6 Å². The van der Waals surface area contributed by atoms with Crippen LogP contribution in [-0.2, 0) is 13.5 Å². The van der Waals surface area contributed by atoms with Gasteiger partial charge in [-0.25, -0.2) is 4.68 Å². The molecule has 1 saturated heterocycles. The highest BCUT2D eigenvalue weighted by Crippen LogP contribution is 2.21. The van der Waals surface area contributed by atoms with Crippen LogP contribution >= 0.6 is 0 Å². The average molecular weight is 340 g/mol. The van der Waals surface area contributed by atoms with Gasteiger partial charge in [-0.2, -0.15) is 5.10 Å².